The number of thiophene rings is 1. The minimum atomic E-state index is -0.476. The van der Waals surface area contributed by atoms with E-state index in [0.717, 1.165) is 24.3 Å². The van der Waals surface area contributed by atoms with E-state index in [4.69, 9.17) is 4.74 Å². The summed E-state index contributed by atoms with van der Waals surface area (Å²) < 4.78 is 5.44. The second-order valence-electron chi connectivity index (χ2n) is 7.10. The van der Waals surface area contributed by atoms with E-state index in [1.807, 2.05) is 45.3 Å². The van der Waals surface area contributed by atoms with E-state index in [2.05, 4.69) is 0 Å². The smallest absolute Gasteiger partial charge is 0.410 e. The molecule has 1 aliphatic rings. The van der Waals surface area contributed by atoms with Crippen LogP contribution in [0.1, 0.15) is 43.3 Å². The highest BCUT2D eigenvalue weighted by Gasteiger charge is 2.29. The number of ether oxygens (including phenoxy) is 1. The van der Waals surface area contributed by atoms with Gasteiger partial charge in [0.2, 0.25) is 0 Å². The molecule has 2 rings (SSSR count). The summed E-state index contributed by atoms with van der Waals surface area (Å²) in [5.41, 5.74) is -0.476. The monoisotopic (exact) mass is 338 g/mol. The zero-order valence-corrected chi connectivity index (χ0v) is 15.2. The molecule has 0 unspecified atom stereocenters. The van der Waals surface area contributed by atoms with Crippen molar-refractivity contribution in [1.29, 1.82) is 0 Å². The molecule has 1 aromatic rings. The van der Waals surface area contributed by atoms with Gasteiger partial charge in [0.05, 0.1) is 4.88 Å². The van der Waals surface area contributed by atoms with Crippen LogP contribution < -0.4 is 0 Å². The lowest BCUT2D eigenvalue weighted by Crippen LogP contribution is -2.45. The highest BCUT2D eigenvalue weighted by atomic mass is 32.1. The van der Waals surface area contributed by atoms with E-state index < -0.39 is 5.60 Å². The largest absolute Gasteiger partial charge is 0.444 e. The molecule has 6 heteroatoms. The lowest BCUT2D eigenvalue weighted by Gasteiger charge is -2.35. The Labute approximate surface area is 142 Å². The van der Waals surface area contributed by atoms with Crippen LogP contribution in [0.25, 0.3) is 0 Å². The van der Waals surface area contributed by atoms with Crippen molar-refractivity contribution in [1.82, 2.24) is 9.80 Å². The van der Waals surface area contributed by atoms with Gasteiger partial charge in [-0.3, -0.25) is 4.79 Å². The number of rotatable bonds is 3. The van der Waals surface area contributed by atoms with Crippen LogP contribution in [0.2, 0.25) is 0 Å². The van der Waals surface area contributed by atoms with Crippen molar-refractivity contribution in [2.24, 2.45) is 5.92 Å². The van der Waals surface area contributed by atoms with Crippen LogP contribution in [0.3, 0.4) is 0 Å². The predicted molar refractivity (Wildman–Crippen MR) is 91.8 cm³/mol. The fourth-order valence-corrected chi connectivity index (χ4v) is 3.48. The summed E-state index contributed by atoms with van der Waals surface area (Å²) in [5, 5.41) is 1.91. The van der Waals surface area contributed by atoms with E-state index in [-0.39, 0.29) is 12.0 Å². The zero-order chi connectivity index (χ0) is 17.0. The maximum atomic E-state index is 12.3. The van der Waals surface area contributed by atoms with E-state index in [0.29, 0.717) is 19.0 Å². The molecular formula is C17H26N2O3S. The number of hydrogen-bond acceptors (Lipinski definition) is 4. The summed E-state index contributed by atoms with van der Waals surface area (Å²) in [6, 6.07) is 3.73. The van der Waals surface area contributed by atoms with Gasteiger partial charge in [-0.05, 0) is 51.0 Å². The minimum Gasteiger partial charge on any atom is -0.444 e. The third-order valence-corrected chi connectivity index (χ3v) is 4.64. The van der Waals surface area contributed by atoms with Gasteiger partial charge in [0, 0.05) is 26.7 Å². The Hall–Kier alpha value is -1.56. The van der Waals surface area contributed by atoms with Gasteiger partial charge in [-0.25, -0.2) is 4.79 Å². The molecule has 0 N–H and O–H groups in total. The average Bonchev–Trinajstić information content (AvgIpc) is 2.99. The first-order chi connectivity index (χ1) is 10.8. The number of likely N-dealkylation sites (tertiary alicyclic amines) is 1. The predicted octanol–water partition coefficient (Wildman–Crippen LogP) is 3.47. The Kier molecular flexibility index (Phi) is 5.68. The van der Waals surface area contributed by atoms with Crippen molar-refractivity contribution in [2.75, 3.05) is 26.7 Å². The summed E-state index contributed by atoms with van der Waals surface area (Å²) in [7, 11) is 1.83. The quantitative estimate of drug-likeness (QED) is 0.848. The van der Waals surface area contributed by atoms with Crippen molar-refractivity contribution in [3.8, 4) is 0 Å². The minimum absolute atomic E-state index is 0.0504. The van der Waals surface area contributed by atoms with Crippen LogP contribution in [-0.2, 0) is 4.74 Å². The topological polar surface area (TPSA) is 49.9 Å². The Morgan fingerprint density at radius 1 is 1.43 bits per heavy atom. The Morgan fingerprint density at radius 3 is 2.78 bits per heavy atom. The lowest BCUT2D eigenvalue weighted by molar-refractivity contribution is 0.0151. The molecule has 0 aliphatic carbocycles. The van der Waals surface area contributed by atoms with E-state index in [1.54, 1.807) is 9.80 Å². The number of hydrogen-bond donors (Lipinski definition) is 0. The van der Waals surface area contributed by atoms with Crippen LogP contribution in [0.5, 0.6) is 0 Å². The Balaban J connectivity index is 1.88. The second-order valence-corrected chi connectivity index (χ2v) is 8.05. The van der Waals surface area contributed by atoms with Crippen LogP contribution in [0.4, 0.5) is 4.79 Å². The first-order valence-electron chi connectivity index (χ1n) is 8.03. The molecule has 0 bridgehead atoms. The van der Waals surface area contributed by atoms with Crippen molar-refractivity contribution in [3.63, 3.8) is 0 Å². The molecule has 1 fully saturated rings. The molecule has 1 aliphatic heterocycles. The number of amides is 2. The standard InChI is InChI=1S/C17H26N2O3S/c1-17(2,3)22-16(21)19-9-5-7-13(12-19)11-18(4)15(20)14-8-6-10-23-14/h6,8,10,13H,5,7,9,11-12H2,1-4H3/t13-/m1/s1. The second kappa shape index (κ2) is 7.34. The zero-order valence-electron chi connectivity index (χ0n) is 14.4. The first kappa shape index (κ1) is 17.8. The van der Waals surface area contributed by atoms with Crippen molar-refractivity contribution < 1.29 is 14.3 Å². The van der Waals surface area contributed by atoms with Crippen molar-refractivity contribution in [2.45, 2.75) is 39.2 Å². The van der Waals surface area contributed by atoms with Crippen molar-refractivity contribution >= 4 is 23.3 Å². The number of carbonyl (C=O) groups excluding carboxylic acids is 2. The molecule has 2 heterocycles. The number of nitrogens with zero attached hydrogens (tertiary/aromatic N) is 2. The summed E-state index contributed by atoms with van der Waals surface area (Å²) >= 11 is 1.46. The normalized spacial score (nSPS) is 18.6. The maximum Gasteiger partial charge on any atom is 0.410 e. The number of piperidine rings is 1. The summed E-state index contributed by atoms with van der Waals surface area (Å²) in [4.78, 5) is 28.8. The van der Waals surface area contributed by atoms with Gasteiger partial charge in [0.25, 0.3) is 5.91 Å². The van der Waals surface area contributed by atoms with Gasteiger partial charge in [-0.15, -0.1) is 11.3 Å². The molecule has 23 heavy (non-hydrogen) atoms. The van der Waals surface area contributed by atoms with Gasteiger partial charge in [0.1, 0.15) is 5.60 Å². The molecular weight excluding hydrogens is 312 g/mol. The Bertz CT molecular complexity index is 537. The molecule has 1 saturated heterocycles. The van der Waals surface area contributed by atoms with Crippen LogP contribution in [0.15, 0.2) is 17.5 Å². The first-order valence-corrected chi connectivity index (χ1v) is 8.91. The molecule has 0 radical (unpaired) electrons. The van der Waals surface area contributed by atoms with Gasteiger partial charge >= 0.3 is 6.09 Å². The molecule has 2 amide bonds. The van der Waals surface area contributed by atoms with Gasteiger partial charge < -0.3 is 14.5 Å². The lowest BCUT2D eigenvalue weighted by atomic mass is 9.98. The molecule has 0 spiro atoms. The van der Waals surface area contributed by atoms with E-state index >= 15 is 0 Å². The Morgan fingerprint density at radius 2 is 2.17 bits per heavy atom. The SMILES string of the molecule is CN(C[C@H]1CCCN(C(=O)OC(C)(C)C)C1)C(=O)c1cccs1. The third-order valence-electron chi connectivity index (χ3n) is 3.78. The highest BCUT2D eigenvalue weighted by Crippen LogP contribution is 2.21. The van der Waals surface area contributed by atoms with Crippen molar-refractivity contribution in [3.05, 3.63) is 22.4 Å². The summed E-state index contributed by atoms with van der Waals surface area (Å²) in [6.07, 6.45) is 1.72. The molecule has 128 valence electrons. The van der Waals surface area contributed by atoms with Crippen LogP contribution in [-0.4, -0.2) is 54.1 Å². The molecule has 0 saturated carbocycles. The molecule has 1 atom stereocenters. The van der Waals surface area contributed by atoms with Crippen LogP contribution in [0, 0.1) is 5.92 Å². The van der Waals surface area contributed by atoms with E-state index in [9.17, 15) is 9.59 Å². The average molecular weight is 338 g/mol. The maximum absolute atomic E-state index is 12.3. The highest BCUT2D eigenvalue weighted by molar-refractivity contribution is 7.12. The summed E-state index contributed by atoms with van der Waals surface area (Å²) in [5.74, 6) is 0.347. The van der Waals surface area contributed by atoms with Gasteiger partial charge in [0.15, 0.2) is 0 Å². The number of carbonyl (C=O) groups is 2. The molecule has 1 aromatic heterocycles. The molecule has 5 nitrogen and oxygen atoms in total. The fraction of sp³-hybridized carbons (Fsp3) is 0.647. The van der Waals surface area contributed by atoms with E-state index in [1.165, 1.54) is 11.3 Å². The van der Waals surface area contributed by atoms with Gasteiger partial charge in [-0.2, -0.15) is 0 Å². The fourth-order valence-electron chi connectivity index (χ4n) is 2.76. The summed E-state index contributed by atoms with van der Waals surface area (Å²) in [6.45, 7) is 7.67. The third kappa shape index (κ3) is 5.23. The van der Waals surface area contributed by atoms with Gasteiger partial charge in [-0.1, -0.05) is 6.07 Å². The van der Waals surface area contributed by atoms with Crippen LogP contribution >= 0.6 is 11.3 Å². The molecule has 0 aromatic carbocycles.